The van der Waals surface area contributed by atoms with Crippen molar-refractivity contribution in [2.75, 3.05) is 28.4 Å². The molecule has 2 rings (SSSR count). The fourth-order valence-corrected chi connectivity index (χ4v) is 19.7. The maximum atomic E-state index is 9.68. The molecule has 0 saturated heterocycles. The van der Waals surface area contributed by atoms with Gasteiger partial charge in [-0.15, -0.1) is 0 Å². The Kier molecular flexibility index (Phi) is 7.83. The molecule has 2 aromatic rings. The van der Waals surface area contributed by atoms with Crippen molar-refractivity contribution < 1.29 is 18.9 Å². The molecule has 0 aliphatic heterocycles. The van der Waals surface area contributed by atoms with Gasteiger partial charge in [-0.1, -0.05) is 0 Å². The van der Waals surface area contributed by atoms with Gasteiger partial charge >= 0.3 is 169 Å². The van der Waals surface area contributed by atoms with Gasteiger partial charge in [0.15, 0.2) is 0 Å². The number of methoxy groups -OCH3 is 4. The number of thiocyanates is 2. The molecule has 0 unspecified atom stereocenters. The van der Waals surface area contributed by atoms with E-state index in [0.29, 0.717) is 23.0 Å². The molecular formula is C18H18N2O4S2Te. The Morgan fingerprint density at radius 1 is 0.667 bits per heavy atom. The molecule has 2 aromatic carbocycles. The zero-order valence-electron chi connectivity index (χ0n) is 15.2. The number of rotatable bonds is 8. The molecule has 0 heterocycles. The third kappa shape index (κ3) is 4.03. The normalized spacial score (nSPS) is 11.0. The van der Waals surface area contributed by atoms with Crippen LogP contribution in [0.2, 0.25) is 0 Å². The van der Waals surface area contributed by atoms with Crippen LogP contribution in [0.25, 0.3) is 0 Å². The van der Waals surface area contributed by atoms with Gasteiger partial charge in [0.1, 0.15) is 0 Å². The molecule has 0 N–H and O–H groups in total. The number of hydrogen-bond acceptors (Lipinski definition) is 8. The second kappa shape index (κ2) is 9.87. The Bertz CT molecular complexity index is 778. The quantitative estimate of drug-likeness (QED) is 0.390. The van der Waals surface area contributed by atoms with Crippen LogP contribution < -0.4 is 26.2 Å². The van der Waals surface area contributed by atoms with E-state index in [0.717, 1.165) is 25.2 Å². The van der Waals surface area contributed by atoms with E-state index in [1.54, 1.807) is 52.7 Å². The van der Waals surface area contributed by atoms with Gasteiger partial charge in [-0.05, 0) is 0 Å². The van der Waals surface area contributed by atoms with Crippen molar-refractivity contribution in [1.29, 1.82) is 10.5 Å². The summed E-state index contributed by atoms with van der Waals surface area (Å²) in [5.41, 5.74) is 0. The van der Waals surface area contributed by atoms with Gasteiger partial charge in [0.25, 0.3) is 0 Å². The van der Waals surface area contributed by atoms with E-state index in [-0.39, 0.29) is 0 Å². The topological polar surface area (TPSA) is 84.5 Å². The van der Waals surface area contributed by atoms with Gasteiger partial charge in [0.05, 0.1) is 0 Å². The molecule has 9 heteroatoms. The van der Waals surface area contributed by atoms with Crippen molar-refractivity contribution in [3.8, 4) is 33.8 Å². The first-order valence-corrected chi connectivity index (χ1v) is 17.1. The number of benzene rings is 2. The second-order valence-electron chi connectivity index (χ2n) is 4.84. The number of nitrogens with zero attached hydrogens (tertiary/aromatic N) is 2. The van der Waals surface area contributed by atoms with Gasteiger partial charge in [0.2, 0.25) is 0 Å². The summed E-state index contributed by atoms with van der Waals surface area (Å²) >= 11 is -3.92. The summed E-state index contributed by atoms with van der Waals surface area (Å²) in [4.78, 5) is 0. The summed E-state index contributed by atoms with van der Waals surface area (Å²) in [5, 5.41) is 23.8. The van der Waals surface area contributed by atoms with E-state index in [4.69, 9.17) is 18.9 Å². The van der Waals surface area contributed by atoms with Crippen molar-refractivity contribution in [3.05, 3.63) is 36.4 Å². The Balaban J connectivity index is 3.02. The van der Waals surface area contributed by atoms with Crippen LogP contribution in [0.1, 0.15) is 0 Å². The van der Waals surface area contributed by atoms with E-state index < -0.39 is 15.4 Å². The van der Waals surface area contributed by atoms with Crippen LogP contribution in [0.5, 0.6) is 23.0 Å². The third-order valence-corrected chi connectivity index (χ3v) is 22.1. The second-order valence-corrected chi connectivity index (χ2v) is 21.7. The number of ether oxygens (including phenoxy) is 4. The van der Waals surface area contributed by atoms with Crippen LogP contribution in [0.3, 0.4) is 0 Å². The number of hydrogen-bond donors (Lipinski definition) is 0. The van der Waals surface area contributed by atoms with Crippen molar-refractivity contribution in [3.63, 3.8) is 0 Å². The minimum atomic E-state index is -3.92. The summed E-state index contributed by atoms with van der Waals surface area (Å²) in [7, 11) is 8.40. The molecule has 0 atom stereocenters. The molecule has 0 aromatic heterocycles. The fourth-order valence-electron chi connectivity index (χ4n) is 2.55. The summed E-state index contributed by atoms with van der Waals surface area (Å²) in [6, 6.07) is 10.8. The van der Waals surface area contributed by atoms with Gasteiger partial charge in [-0.25, -0.2) is 0 Å². The average molecular weight is 518 g/mol. The maximum absolute atomic E-state index is 9.68. The van der Waals surface area contributed by atoms with Gasteiger partial charge < -0.3 is 0 Å². The molecule has 0 radical (unpaired) electrons. The Morgan fingerprint density at radius 3 is 1.19 bits per heavy atom. The Hall–Kier alpha value is -1.89. The van der Waals surface area contributed by atoms with Crippen molar-refractivity contribution in [1.82, 2.24) is 0 Å². The van der Waals surface area contributed by atoms with Crippen LogP contribution in [-0.4, -0.2) is 43.9 Å². The summed E-state index contributed by atoms with van der Waals surface area (Å²) in [6.07, 6.45) is 0. The van der Waals surface area contributed by atoms with Crippen molar-refractivity contribution >= 4 is 40.6 Å². The average Bonchev–Trinajstić information content (AvgIpc) is 2.72. The number of nitriles is 2. The van der Waals surface area contributed by atoms with E-state index in [1.807, 2.05) is 12.1 Å². The summed E-state index contributed by atoms with van der Waals surface area (Å²) in [5.74, 6) is 2.26. The zero-order chi connectivity index (χ0) is 19.9. The van der Waals surface area contributed by atoms with Crippen LogP contribution in [-0.2, 0) is 0 Å². The monoisotopic (exact) mass is 520 g/mol. The van der Waals surface area contributed by atoms with Crippen molar-refractivity contribution in [2.45, 2.75) is 0 Å². The molecule has 0 fully saturated rings. The van der Waals surface area contributed by atoms with E-state index >= 15 is 0 Å². The predicted molar refractivity (Wildman–Crippen MR) is 111 cm³/mol. The predicted octanol–water partition coefficient (Wildman–Crippen LogP) is 2.71. The Labute approximate surface area is 168 Å². The fraction of sp³-hybridized carbons (Fsp3) is 0.222. The third-order valence-electron chi connectivity index (χ3n) is 3.61. The first-order valence-electron chi connectivity index (χ1n) is 7.53. The van der Waals surface area contributed by atoms with E-state index in [1.165, 1.54) is 0 Å². The summed E-state index contributed by atoms with van der Waals surface area (Å²) < 4.78 is 23.8. The van der Waals surface area contributed by atoms with Crippen molar-refractivity contribution in [2.24, 2.45) is 0 Å². The van der Waals surface area contributed by atoms with E-state index in [2.05, 4.69) is 10.8 Å². The van der Waals surface area contributed by atoms with Crippen LogP contribution in [0, 0.1) is 21.3 Å². The molecule has 0 amide bonds. The molecule has 0 saturated carbocycles. The SMILES string of the molecule is COc1cccc(OC)c1[Te](SC#N)(SC#N)c1c(OC)cccc1OC. The van der Waals surface area contributed by atoms with Crippen LogP contribution in [0.15, 0.2) is 36.4 Å². The molecule has 0 aliphatic rings. The van der Waals surface area contributed by atoms with Crippen LogP contribution >= 0.6 is 18.0 Å². The molecule has 0 aliphatic carbocycles. The molecule has 0 spiro atoms. The molecular weight excluding hydrogens is 500 g/mol. The van der Waals surface area contributed by atoms with Gasteiger partial charge in [-0.3, -0.25) is 0 Å². The van der Waals surface area contributed by atoms with E-state index in [9.17, 15) is 10.5 Å². The van der Waals surface area contributed by atoms with Gasteiger partial charge in [0, 0.05) is 0 Å². The zero-order valence-corrected chi connectivity index (χ0v) is 19.2. The van der Waals surface area contributed by atoms with Crippen LogP contribution in [0.4, 0.5) is 0 Å². The molecule has 0 bridgehead atoms. The Morgan fingerprint density at radius 2 is 0.963 bits per heavy atom. The standard InChI is InChI=1S/C18H18N2O4S2Te/c1-21-13-7-5-8-14(22-2)17(13)27(25-11-19,26-12-20)18-15(23-3)9-6-10-16(18)24-4/h5-10H,1-4H3. The minimum absolute atomic E-state index is 0.564. The summed E-state index contributed by atoms with van der Waals surface area (Å²) in [6.45, 7) is 0. The van der Waals surface area contributed by atoms with Gasteiger partial charge in [-0.2, -0.15) is 0 Å². The first-order chi connectivity index (χ1) is 13.1. The molecule has 27 heavy (non-hydrogen) atoms. The first kappa shape index (κ1) is 21.4. The molecule has 142 valence electrons. The molecule has 6 nitrogen and oxygen atoms in total.